The Labute approximate surface area is 65.4 Å². The van der Waals surface area contributed by atoms with Crippen molar-refractivity contribution in [1.82, 2.24) is 4.98 Å². The molecule has 1 rings (SSSR count). The maximum absolute atomic E-state index is 10.3. The summed E-state index contributed by atoms with van der Waals surface area (Å²) < 4.78 is 20.5. The first-order valence-corrected chi connectivity index (χ1v) is 4.73. The van der Waals surface area contributed by atoms with E-state index < -0.39 is 11.1 Å². The lowest BCUT2D eigenvalue weighted by Gasteiger charge is -1.96. The van der Waals surface area contributed by atoms with Crippen molar-refractivity contribution in [3.05, 3.63) is 10.4 Å². The molecular formula is C5H6NO2S2-. The summed E-state index contributed by atoms with van der Waals surface area (Å²) in [5.74, 6) is 0. The van der Waals surface area contributed by atoms with E-state index >= 15 is 0 Å². The van der Waals surface area contributed by atoms with Crippen molar-refractivity contribution >= 4 is 22.4 Å². The molecule has 0 aliphatic heterocycles. The zero-order chi connectivity index (χ0) is 7.56. The average Bonchev–Trinajstić information content (AvgIpc) is 2.34. The molecule has 0 aliphatic carbocycles. The Bertz CT molecular complexity index is 246. The predicted octanol–water partition coefficient (Wildman–Crippen LogP) is 0.944. The largest absolute Gasteiger partial charge is 0.767 e. The molecule has 1 aromatic heterocycles. The second-order valence-electron chi connectivity index (χ2n) is 1.67. The fourth-order valence-electron chi connectivity index (χ4n) is 0.533. The van der Waals surface area contributed by atoms with Crippen LogP contribution in [0.25, 0.3) is 0 Å². The summed E-state index contributed by atoms with van der Waals surface area (Å²) >= 11 is -0.787. The van der Waals surface area contributed by atoms with Crippen LogP contribution in [0.1, 0.15) is 11.9 Å². The molecule has 0 saturated heterocycles. The molecule has 1 atom stereocenters. The SMILES string of the molecule is CCc1nc(S(=O)[O-])cs1. The first-order valence-electron chi connectivity index (χ1n) is 2.77. The van der Waals surface area contributed by atoms with E-state index in [9.17, 15) is 8.76 Å². The second-order valence-corrected chi connectivity index (χ2v) is 3.50. The van der Waals surface area contributed by atoms with E-state index in [2.05, 4.69) is 4.98 Å². The van der Waals surface area contributed by atoms with Gasteiger partial charge in [0.2, 0.25) is 0 Å². The molecule has 1 unspecified atom stereocenters. The van der Waals surface area contributed by atoms with Crippen LogP contribution in [0.4, 0.5) is 0 Å². The van der Waals surface area contributed by atoms with Gasteiger partial charge < -0.3 is 4.55 Å². The summed E-state index contributed by atoms with van der Waals surface area (Å²) in [6.45, 7) is 1.94. The zero-order valence-electron chi connectivity index (χ0n) is 5.36. The fourth-order valence-corrected chi connectivity index (χ4v) is 1.84. The van der Waals surface area contributed by atoms with E-state index in [1.54, 1.807) is 5.38 Å². The van der Waals surface area contributed by atoms with Crippen LogP contribution >= 0.6 is 11.3 Å². The summed E-state index contributed by atoms with van der Waals surface area (Å²) in [4.78, 5) is 3.83. The molecule has 3 nitrogen and oxygen atoms in total. The highest BCUT2D eigenvalue weighted by atomic mass is 32.2. The predicted molar refractivity (Wildman–Crippen MR) is 38.7 cm³/mol. The highest BCUT2D eigenvalue weighted by Gasteiger charge is 1.98. The monoisotopic (exact) mass is 176 g/mol. The van der Waals surface area contributed by atoms with Gasteiger partial charge in [-0.1, -0.05) is 6.92 Å². The quantitative estimate of drug-likeness (QED) is 0.630. The van der Waals surface area contributed by atoms with Crippen molar-refractivity contribution in [3.63, 3.8) is 0 Å². The standard InChI is InChI=1S/C5H7NO2S2/c1-2-4-6-5(3-9-4)10(7)8/h3H,2H2,1H3,(H,7,8)/p-1. The van der Waals surface area contributed by atoms with E-state index in [-0.39, 0.29) is 5.03 Å². The van der Waals surface area contributed by atoms with Crippen LogP contribution in [0.3, 0.4) is 0 Å². The molecule has 56 valence electrons. The zero-order valence-corrected chi connectivity index (χ0v) is 7.00. The summed E-state index contributed by atoms with van der Waals surface area (Å²) in [5.41, 5.74) is 0. The summed E-state index contributed by atoms with van der Waals surface area (Å²) in [6, 6.07) is 0. The molecule has 0 aromatic carbocycles. The van der Waals surface area contributed by atoms with E-state index in [0.29, 0.717) is 0 Å². The van der Waals surface area contributed by atoms with Gasteiger partial charge in [-0.3, -0.25) is 4.21 Å². The first-order chi connectivity index (χ1) is 4.74. The Balaban J connectivity index is 2.88. The van der Waals surface area contributed by atoms with E-state index in [4.69, 9.17) is 0 Å². The second kappa shape index (κ2) is 3.23. The minimum absolute atomic E-state index is 0.154. The van der Waals surface area contributed by atoms with Gasteiger partial charge in [0, 0.05) is 5.38 Å². The van der Waals surface area contributed by atoms with Crippen LogP contribution in [0.2, 0.25) is 0 Å². The van der Waals surface area contributed by atoms with Gasteiger partial charge in [-0.25, -0.2) is 4.98 Å². The lowest BCUT2D eigenvalue weighted by molar-refractivity contribution is 0.534. The maximum atomic E-state index is 10.3. The Morgan fingerprint density at radius 1 is 1.90 bits per heavy atom. The Morgan fingerprint density at radius 3 is 2.90 bits per heavy atom. The summed E-state index contributed by atoms with van der Waals surface area (Å²) in [7, 11) is 0. The molecule has 1 aromatic rings. The third-order valence-electron chi connectivity index (χ3n) is 1.00. The molecule has 0 N–H and O–H groups in total. The van der Waals surface area contributed by atoms with E-state index in [0.717, 1.165) is 11.4 Å². The van der Waals surface area contributed by atoms with Gasteiger partial charge in [-0.15, -0.1) is 11.3 Å². The van der Waals surface area contributed by atoms with Gasteiger partial charge in [-0.2, -0.15) is 0 Å². The van der Waals surface area contributed by atoms with Crippen molar-refractivity contribution in [2.45, 2.75) is 18.4 Å². The van der Waals surface area contributed by atoms with Crippen LogP contribution in [0.5, 0.6) is 0 Å². The molecule has 0 fully saturated rings. The number of hydrogen-bond acceptors (Lipinski definition) is 4. The smallest absolute Gasteiger partial charge is 0.124 e. The third kappa shape index (κ3) is 1.62. The molecule has 0 saturated carbocycles. The highest BCUT2D eigenvalue weighted by molar-refractivity contribution is 7.79. The van der Waals surface area contributed by atoms with Crippen LogP contribution < -0.4 is 0 Å². The molecule has 0 spiro atoms. The van der Waals surface area contributed by atoms with Gasteiger partial charge >= 0.3 is 0 Å². The lowest BCUT2D eigenvalue weighted by Crippen LogP contribution is -1.88. The summed E-state index contributed by atoms with van der Waals surface area (Å²) in [6.07, 6.45) is 0.794. The number of hydrogen-bond donors (Lipinski definition) is 0. The Kier molecular flexibility index (Phi) is 2.53. The van der Waals surface area contributed by atoms with Crippen molar-refractivity contribution in [3.8, 4) is 0 Å². The maximum Gasteiger partial charge on any atom is 0.124 e. The van der Waals surface area contributed by atoms with Crippen molar-refractivity contribution in [1.29, 1.82) is 0 Å². The molecule has 0 amide bonds. The molecule has 5 heteroatoms. The van der Waals surface area contributed by atoms with Gasteiger partial charge in [0.25, 0.3) is 0 Å². The highest BCUT2D eigenvalue weighted by Crippen LogP contribution is 2.11. The molecule has 0 radical (unpaired) electrons. The molecule has 0 aliphatic rings. The summed E-state index contributed by atoms with van der Waals surface area (Å²) in [5, 5.41) is 2.56. The number of aryl methyl sites for hydroxylation is 1. The molecular weight excluding hydrogens is 170 g/mol. The van der Waals surface area contributed by atoms with Crippen LogP contribution in [0, 0.1) is 0 Å². The van der Waals surface area contributed by atoms with Crippen molar-refractivity contribution in [2.75, 3.05) is 0 Å². The van der Waals surface area contributed by atoms with Crippen LogP contribution in [-0.2, 0) is 17.5 Å². The van der Waals surface area contributed by atoms with Crippen molar-refractivity contribution in [2.24, 2.45) is 0 Å². The Morgan fingerprint density at radius 2 is 2.60 bits per heavy atom. The minimum Gasteiger partial charge on any atom is -0.767 e. The molecule has 1 heterocycles. The number of nitrogens with zero attached hydrogens (tertiary/aromatic N) is 1. The van der Waals surface area contributed by atoms with Gasteiger partial charge in [0.15, 0.2) is 0 Å². The van der Waals surface area contributed by atoms with E-state index in [1.807, 2.05) is 6.92 Å². The fraction of sp³-hybridized carbons (Fsp3) is 0.400. The normalized spacial score (nSPS) is 13.4. The van der Waals surface area contributed by atoms with Gasteiger partial charge in [0.1, 0.15) is 5.03 Å². The van der Waals surface area contributed by atoms with Crippen LogP contribution in [0.15, 0.2) is 10.4 Å². The number of rotatable bonds is 2. The topological polar surface area (TPSA) is 53.0 Å². The first kappa shape index (κ1) is 7.84. The van der Waals surface area contributed by atoms with Gasteiger partial charge in [0.05, 0.1) is 5.01 Å². The third-order valence-corrected chi connectivity index (χ3v) is 2.70. The van der Waals surface area contributed by atoms with Crippen LogP contribution in [-0.4, -0.2) is 13.7 Å². The minimum atomic E-state index is -2.16. The van der Waals surface area contributed by atoms with Gasteiger partial charge in [-0.05, 0) is 17.5 Å². The average molecular weight is 176 g/mol. The van der Waals surface area contributed by atoms with E-state index in [1.165, 1.54) is 11.3 Å². The lowest BCUT2D eigenvalue weighted by atomic mass is 10.5. The Hall–Kier alpha value is -0.260. The number of thiazole rings is 1. The molecule has 10 heavy (non-hydrogen) atoms. The van der Waals surface area contributed by atoms with Crippen molar-refractivity contribution < 1.29 is 8.76 Å². The molecule has 0 bridgehead atoms. The number of aromatic nitrogens is 1.